The number of nitrogens with one attached hydrogen (secondary N) is 1. The van der Waals surface area contributed by atoms with Crippen LogP contribution in [0.4, 0.5) is 0 Å². The number of rotatable bonds is 5. The molecule has 2 amide bonds. The van der Waals surface area contributed by atoms with E-state index in [4.69, 9.17) is 9.47 Å². The normalized spacial score (nSPS) is 26.8. The van der Waals surface area contributed by atoms with E-state index in [1.54, 1.807) is 6.07 Å². The molecule has 0 saturated carbocycles. The highest BCUT2D eigenvalue weighted by Crippen LogP contribution is 2.46. The quantitative estimate of drug-likeness (QED) is 0.625. The van der Waals surface area contributed by atoms with E-state index in [1.807, 2.05) is 0 Å². The lowest BCUT2D eigenvalue weighted by atomic mass is 9.96. The Labute approximate surface area is 161 Å². The molecule has 2 aliphatic rings. The number of methoxy groups -OCH3 is 2. The van der Waals surface area contributed by atoms with Crippen molar-refractivity contribution >= 4 is 27.6 Å². The standard InChI is InChI=1S/C17H20N2O8S/c1-17(2)12(16(22)23)19-14(21)11(15(19)28(17,24)25)18-13(20)10-8(26-3)6-5-7-9(10)27-4/h5-7,11-12,15H,1-4H3,(H,18,20)(H,22,23)/t11-,12+,15-/m1/s1. The van der Waals surface area contributed by atoms with Gasteiger partial charge in [0, 0.05) is 0 Å². The Balaban J connectivity index is 1.96. The summed E-state index contributed by atoms with van der Waals surface area (Å²) in [5, 5.41) is 10.4. The van der Waals surface area contributed by atoms with Gasteiger partial charge in [0.2, 0.25) is 5.91 Å². The van der Waals surface area contributed by atoms with Gasteiger partial charge in [-0.15, -0.1) is 0 Å². The molecule has 28 heavy (non-hydrogen) atoms. The van der Waals surface area contributed by atoms with E-state index in [0.717, 1.165) is 4.90 Å². The first-order chi connectivity index (χ1) is 13.0. The lowest BCUT2D eigenvalue weighted by Crippen LogP contribution is -2.72. The summed E-state index contributed by atoms with van der Waals surface area (Å²) in [5.74, 6) is -2.59. The van der Waals surface area contributed by atoms with Gasteiger partial charge in [0.05, 0.1) is 14.2 Å². The highest BCUT2D eigenvalue weighted by molar-refractivity contribution is 7.94. The number of fused-ring (bicyclic) bond motifs is 1. The topological polar surface area (TPSA) is 139 Å². The number of aliphatic carboxylic acids is 1. The first-order valence-electron chi connectivity index (χ1n) is 8.31. The van der Waals surface area contributed by atoms with Crippen LogP contribution in [-0.2, 0) is 19.4 Å². The smallest absolute Gasteiger partial charge is 0.328 e. The van der Waals surface area contributed by atoms with Crippen LogP contribution < -0.4 is 14.8 Å². The van der Waals surface area contributed by atoms with Crippen molar-refractivity contribution in [2.24, 2.45) is 0 Å². The molecule has 0 unspecified atom stereocenters. The van der Waals surface area contributed by atoms with E-state index < -0.39 is 49.8 Å². The van der Waals surface area contributed by atoms with Crippen molar-refractivity contribution in [3.63, 3.8) is 0 Å². The Morgan fingerprint density at radius 1 is 1.18 bits per heavy atom. The number of carboxylic acids is 1. The van der Waals surface area contributed by atoms with Crippen molar-refractivity contribution < 1.29 is 37.4 Å². The van der Waals surface area contributed by atoms with Crippen LogP contribution in [0, 0.1) is 0 Å². The van der Waals surface area contributed by atoms with Gasteiger partial charge in [0.15, 0.2) is 15.2 Å². The number of carbonyl (C=O) groups is 3. The molecular formula is C17H20N2O8S. The highest BCUT2D eigenvalue weighted by atomic mass is 32.2. The maximum Gasteiger partial charge on any atom is 0.328 e. The van der Waals surface area contributed by atoms with E-state index >= 15 is 0 Å². The van der Waals surface area contributed by atoms with Crippen LogP contribution in [0.3, 0.4) is 0 Å². The lowest BCUT2D eigenvalue weighted by molar-refractivity contribution is -0.159. The molecule has 2 heterocycles. The Bertz CT molecular complexity index is 949. The third kappa shape index (κ3) is 2.45. The Kier molecular flexibility index (Phi) is 4.53. The van der Waals surface area contributed by atoms with E-state index in [2.05, 4.69) is 5.32 Å². The predicted molar refractivity (Wildman–Crippen MR) is 95.9 cm³/mol. The molecule has 3 atom stereocenters. The van der Waals surface area contributed by atoms with Gasteiger partial charge in [-0.05, 0) is 26.0 Å². The Morgan fingerprint density at radius 2 is 1.71 bits per heavy atom. The molecule has 10 nitrogen and oxygen atoms in total. The Morgan fingerprint density at radius 3 is 2.18 bits per heavy atom. The molecule has 0 radical (unpaired) electrons. The monoisotopic (exact) mass is 412 g/mol. The van der Waals surface area contributed by atoms with Gasteiger partial charge in [0.25, 0.3) is 5.91 Å². The third-order valence-electron chi connectivity index (χ3n) is 5.24. The van der Waals surface area contributed by atoms with Crippen LogP contribution in [-0.4, -0.2) is 72.6 Å². The fourth-order valence-electron chi connectivity index (χ4n) is 3.73. The van der Waals surface area contributed by atoms with Crippen molar-refractivity contribution in [1.82, 2.24) is 10.2 Å². The van der Waals surface area contributed by atoms with Crippen LogP contribution in [0.5, 0.6) is 11.5 Å². The van der Waals surface area contributed by atoms with E-state index in [0.29, 0.717) is 0 Å². The van der Waals surface area contributed by atoms with Gasteiger partial charge >= 0.3 is 5.97 Å². The molecule has 0 bridgehead atoms. The summed E-state index contributed by atoms with van der Waals surface area (Å²) in [6, 6.07) is 1.72. The predicted octanol–water partition coefficient (Wildman–Crippen LogP) is -0.369. The maximum atomic E-state index is 12.9. The number of carbonyl (C=O) groups excluding carboxylic acids is 2. The number of carboxylic acid groups (broad SMARTS) is 1. The minimum atomic E-state index is -4.05. The Hall–Kier alpha value is -2.82. The van der Waals surface area contributed by atoms with E-state index in [-0.39, 0.29) is 17.1 Å². The molecule has 1 aromatic rings. The zero-order valence-corrected chi connectivity index (χ0v) is 16.4. The molecule has 0 aromatic heterocycles. The summed E-state index contributed by atoms with van der Waals surface area (Å²) in [6.07, 6.45) is 0. The molecule has 152 valence electrons. The van der Waals surface area contributed by atoms with Gasteiger partial charge in [-0.25, -0.2) is 13.2 Å². The zero-order chi connectivity index (χ0) is 21.0. The summed E-state index contributed by atoms with van der Waals surface area (Å²) in [7, 11) is -1.35. The first-order valence-corrected chi connectivity index (χ1v) is 9.85. The molecule has 2 saturated heterocycles. The SMILES string of the molecule is COc1cccc(OC)c1C(=O)N[C@@H]1C(=O)N2[C@@H](C(=O)O)C(C)(C)S(=O)(=O)[C@H]12. The molecule has 0 aliphatic carbocycles. The highest BCUT2D eigenvalue weighted by Gasteiger charge is 2.72. The molecular weight excluding hydrogens is 392 g/mol. The minimum absolute atomic E-state index is 0.00295. The average Bonchev–Trinajstić information content (AvgIpc) is 2.78. The number of benzene rings is 1. The summed E-state index contributed by atoms with van der Waals surface area (Å²) in [6.45, 7) is 2.52. The zero-order valence-electron chi connectivity index (χ0n) is 15.6. The van der Waals surface area contributed by atoms with Crippen molar-refractivity contribution in [3.05, 3.63) is 23.8 Å². The van der Waals surface area contributed by atoms with E-state index in [9.17, 15) is 27.9 Å². The van der Waals surface area contributed by atoms with Gasteiger partial charge in [0.1, 0.15) is 33.9 Å². The maximum absolute atomic E-state index is 12.9. The number of hydrogen-bond acceptors (Lipinski definition) is 7. The number of nitrogens with zero attached hydrogens (tertiary/aromatic N) is 1. The van der Waals surface area contributed by atoms with Crippen LogP contribution in [0.1, 0.15) is 24.2 Å². The van der Waals surface area contributed by atoms with E-state index in [1.165, 1.54) is 40.2 Å². The van der Waals surface area contributed by atoms with Crippen LogP contribution >= 0.6 is 0 Å². The fraction of sp³-hybridized carbons (Fsp3) is 0.471. The third-order valence-corrected chi connectivity index (χ3v) is 8.07. The molecule has 2 fully saturated rings. The first kappa shape index (κ1) is 19.9. The summed E-state index contributed by atoms with van der Waals surface area (Å²) >= 11 is 0. The van der Waals surface area contributed by atoms with Crippen LogP contribution in [0.25, 0.3) is 0 Å². The fourth-order valence-corrected chi connectivity index (χ4v) is 5.94. The number of amides is 2. The second kappa shape index (κ2) is 6.36. The van der Waals surface area contributed by atoms with Gasteiger partial charge < -0.3 is 24.8 Å². The number of ether oxygens (including phenoxy) is 2. The average molecular weight is 412 g/mol. The van der Waals surface area contributed by atoms with Crippen molar-refractivity contribution in [3.8, 4) is 11.5 Å². The van der Waals surface area contributed by atoms with Gasteiger partial charge in [-0.2, -0.15) is 0 Å². The second-order valence-electron chi connectivity index (χ2n) is 7.01. The largest absolute Gasteiger partial charge is 0.496 e. The molecule has 2 aliphatic heterocycles. The second-order valence-corrected chi connectivity index (χ2v) is 9.64. The van der Waals surface area contributed by atoms with Crippen molar-refractivity contribution in [2.75, 3.05) is 14.2 Å². The summed E-state index contributed by atoms with van der Waals surface area (Å²) < 4.78 is 34.3. The minimum Gasteiger partial charge on any atom is -0.496 e. The van der Waals surface area contributed by atoms with Gasteiger partial charge in [-0.1, -0.05) is 6.07 Å². The molecule has 3 rings (SSSR count). The molecule has 2 N–H and O–H groups in total. The lowest BCUT2D eigenvalue weighted by Gasteiger charge is -2.42. The molecule has 1 aromatic carbocycles. The van der Waals surface area contributed by atoms with Crippen molar-refractivity contribution in [1.29, 1.82) is 0 Å². The van der Waals surface area contributed by atoms with Crippen molar-refractivity contribution in [2.45, 2.75) is 36.1 Å². The van der Waals surface area contributed by atoms with Crippen LogP contribution in [0.2, 0.25) is 0 Å². The number of sulfone groups is 1. The number of β-lactam (4-membered cyclic amide) rings is 1. The van der Waals surface area contributed by atoms with Gasteiger partial charge in [-0.3, -0.25) is 9.59 Å². The molecule has 0 spiro atoms. The van der Waals surface area contributed by atoms with Crippen LogP contribution in [0.15, 0.2) is 18.2 Å². The molecule has 11 heteroatoms. The number of hydrogen-bond donors (Lipinski definition) is 2. The summed E-state index contributed by atoms with van der Waals surface area (Å²) in [4.78, 5) is 37.7. The summed E-state index contributed by atoms with van der Waals surface area (Å²) in [5.41, 5.74) is 0.00295.